The van der Waals surface area contributed by atoms with Crippen molar-refractivity contribution in [2.24, 2.45) is 0 Å². The predicted molar refractivity (Wildman–Crippen MR) is 88.9 cm³/mol. The van der Waals surface area contributed by atoms with Crippen LogP contribution in [0.1, 0.15) is 30.5 Å². The monoisotopic (exact) mass is 297 g/mol. The van der Waals surface area contributed by atoms with Crippen LogP contribution in [0.5, 0.6) is 5.75 Å². The molecule has 2 aromatic rings. The number of nitrogens with zero attached hydrogens (tertiary/aromatic N) is 1. The van der Waals surface area contributed by atoms with E-state index >= 15 is 0 Å². The van der Waals surface area contributed by atoms with E-state index < -0.39 is 0 Å². The van der Waals surface area contributed by atoms with Gasteiger partial charge in [-0.3, -0.25) is 4.79 Å². The molecule has 22 heavy (non-hydrogen) atoms. The van der Waals surface area contributed by atoms with Crippen LogP contribution in [-0.4, -0.2) is 25.0 Å². The van der Waals surface area contributed by atoms with Gasteiger partial charge in [-0.1, -0.05) is 42.5 Å². The van der Waals surface area contributed by atoms with Gasteiger partial charge in [-0.2, -0.15) is 0 Å². The minimum Gasteiger partial charge on any atom is -0.497 e. The number of hydrogen-bond donors (Lipinski definition) is 0. The van der Waals surface area contributed by atoms with Crippen molar-refractivity contribution < 1.29 is 9.53 Å². The van der Waals surface area contributed by atoms with Gasteiger partial charge in [0, 0.05) is 13.5 Å². The first kappa shape index (κ1) is 16.1. The molecule has 2 aromatic carbocycles. The molecule has 1 unspecified atom stereocenters. The minimum absolute atomic E-state index is 0.0502. The summed E-state index contributed by atoms with van der Waals surface area (Å²) in [5, 5.41) is 0. The molecule has 0 aliphatic rings. The lowest BCUT2D eigenvalue weighted by Crippen LogP contribution is -2.29. The maximum Gasteiger partial charge on any atom is 0.223 e. The third kappa shape index (κ3) is 4.10. The van der Waals surface area contributed by atoms with E-state index in [4.69, 9.17) is 4.74 Å². The molecule has 0 heterocycles. The Morgan fingerprint density at radius 3 is 2.32 bits per heavy atom. The fourth-order valence-corrected chi connectivity index (χ4v) is 2.39. The number of methoxy groups -OCH3 is 1. The summed E-state index contributed by atoms with van der Waals surface area (Å²) in [6, 6.07) is 18.0. The predicted octanol–water partition coefficient (Wildman–Crippen LogP) is 3.85. The van der Waals surface area contributed by atoms with Crippen LogP contribution in [0, 0.1) is 0 Å². The van der Waals surface area contributed by atoms with Gasteiger partial charge in [-0.25, -0.2) is 0 Å². The van der Waals surface area contributed by atoms with E-state index in [9.17, 15) is 4.79 Å². The Kier molecular flexibility index (Phi) is 5.59. The zero-order valence-electron chi connectivity index (χ0n) is 13.5. The van der Waals surface area contributed by atoms with E-state index in [-0.39, 0.29) is 11.9 Å². The van der Waals surface area contributed by atoms with Gasteiger partial charge < -0.3 is 9.64 Å². The third-order valence-electron chi connectivity index (χ3n) is 4.04. The molecule has 0 saturated carbocycles. The Labute approximate surface area is 132 Å². The van der Waals surface area contributed by atoms with E-state index in [1.807, 2.05) is 61.3 Å². The topological polar surface area (TPSA) is 29.5 Å². The molecule has 0 aliphatic carbocycles. The Bertz CT molecular complexity index is 593. The van der Waals surface area contributed by atoms with Crippen molar-refractivity contribution in [3.8, 4) is 5.75 Å². The van der Waals surface area contributed by atoms with Gasteiger partial charge in [0.15, 0.2) is 0 Å². The SMILES string of the molecule is COc1ccc(C(C)N(C)C(=O)CCc2ccccc2)cc1. The van der Waals surface area contributed by atoms with Gasteiger partial charge in [0.05, 0.1) is 13.2 Å². The standard InChI is InChI=1S/C19H23NO2/c1-15(17-10-12-18(22-3)13-11-17)20(2)19(21)14-9-16-7-5-4-6-8-16/h4-8,10-13,15H,9,14H2,1-3H3. The molecule has 0 aromatic heterocycles. The Hall–Kier alpha value is -2.29. The first-order valence-electron chi connectivity index (χ1n) is 7.55. The quantitative estimate of drug-likeness (QED) is 0.810. The smallest absolute Gasteiger partial charge is 0.223 e. The van der Waals surface area contributed by atoms with Crippen molar-refractivity contribution >= 4 is 5.91 Å². The maximum absolute atomic E-state index is 12.4. The van der Waals surface area contributed by atoms with Crippen molar-refractivity contribution in [1.29, 1.82) is 0 Å². The molecular formula is C19H23NO2. The number of carbonyl (C=O) groups excluding carboxylic acids is 1. The van der Waals surface area contributed by atoms with Crippen molar-refractivity contribution in [2.75, 3.05) is 14.2 Å². The minimum atomic E-state index is 0.0502. The van der Waals surface area contributed by atoms with E-state index in [2.05, 4.69) is 12.1 Å². The molecule has 2 rings (SSSR count). The van der Waals surface area contributed by atoms with Crippen molar-refractivity contribution in [1.82, 2.24) is 4.90 Å². The summed E-state index contributed by atoms with van der Waals surface area (Å²) in [6.45, 7) is 2.04. The lowest BCUT2D eigenvalue weighted by atomic mass is 10.1. The summed E-state index contributed by atoms with van der Waals surface area (Å²) in [5.74, 6) is 0.987. The highest BCUT2D eigenvalue weighted by Gasteiger charge is 2.17. The molecule has 0 saturated heterocycles. The average Bonchev–Trinajstić information content (AvgIpc) is 2.59. The molecule has 1 amide bonds. The van der Waals surface area contributed by atoms with Crippen LogP contribution >= 0.6 is 0 Å². The summed E-state index contributed by atoms with van der Waals surface area (Å²) in [4.78, 5) is 14.2. The van der Waals surface area contributed by atoms with Crippen LogP contribution < -0.4 is 4.74 Å². The first-order valence-corrected chi connectivity index (χ1v) is 7.55. The van der Waals surface area contributed by atoms with Crippen LogP contribution in [0.4, 0.5) is 0 Å². The van der Waals surface area contributed by atoms with Crippen LogP contribution in [0.15, 0.2) is 54.6 Å². The number of benzene rings is 2. The van der Waals surface area contributed by atoms with Gasteiger partial charge in [0.1, 0.15) is 5.75 Å². The maximum atomic E-state index is 12.4. The largest absolute Gasteiger partial charge is 0.497 e. The molecule has 116 valence electrons. The highest BCUT2D eigenvalue weighted by molar-refractivity contribution is 5.76. The fourth-order valence-electron chi connectivity index (χ4n) is 2.39. The van der Waals surface area contributed by atoms with Gasteiger partial charge in [0.25, 0.3) is 0 Å². The molecular weight excluding hydrogens is 274 g/mol. The second kappa shape index (κ2) is 7.64. The van der Waals surface area contributed by atoms with E-state index in [0.29, 0.717) is 6.42 Å². The lowest BCUT2D eigenvalue weighted by Gasteiger charge is -2.25. The normalized spacial score (nSPS) is 11.8. The number of rotatable bonds is 6. The summed E-state index contributed by atoms with van der Waals surface area (Å²) in [5.41, 5.74) is 2.30. The van der Waals surface area contributed by atoms with Crippen molar-refractivity contribution in [2.45, 2.75) is 25.8 Å². The number of carbonyl (C=O) groups is 1. The molecule has 0 fully saturated rings. The van der Waals surface area contributed by atoms with Crippen molar-refractivity contribution in [3.63, 3.8) is 0 Å². The van der Waals surface area contributed by atoms with Crippen LogP contribution in [0.2, 0.25) is 0 Å². The number of amides is 1. The van der Waals surface area contributed by atoms with Crippen LogP contribution in [0.25, 0.3) is 0 Å². The molecule has 0 bridgehead atoms. The molecule has 1 atom stereocenters. The number of aryl methyl sites for hydroxylation is 1. The summed E-state index contributed by atoms with van der Waals surface area (Å²) in [6.07, 6.45) is 1.31. The summed E-state index contributed by atoms with van der Waals surface area (Å²) in [7, 11) is 3.51. The molecule has 0 spiro atoms. The van der Waals surface area contributed by atoms with Gasteiger partial charge in [-0.05, 0) is 36.6 Å². The van der Waals surface area contributed by atoms with Gasteiger partial charge in [0.2, 0.25) is 5.91 Å². The Morgan fingerprint density at radius 2 is 1.73 bits per heavy atom. The van der Waals surface area contributed by atoms with Gasteiger partial charge in [-0.15, -0.1) is 0 Å². The molecule has 0 radical (unpaired) electrons. The second-order valence-corrected chi connectivity index (χ2v) is 5.44. The van der Waals surface area contributed by atoms with Gasteiger partial charge >= 0.3 is 0 Å². The average molecular weight is 297 g/mol. The first-order chi connectivity index (χ1) is 10.6. The van der Waals surface area contributed by atoms with Crippen LogP contribution in [-0.2, 0) is 11.2 Å². The molecule has 3 heteroatoms. The second-order valence-electron chi connectivity index (χ2n) is 5.44. The summed E-state index contributed by atoms with van der Waals surface area (Å²) >= 11 is 0. The Balaban J connectivity index is 1.93. The highest BCUT2D eigenvalue weighted by Crippen LogP contribution is 2.22. The zero-order chi connectivity index (χ0) is 15.9. The fraction of sp³-hybridized carbons (Fsp3) is 0.316. The number of hydrogen-bond acceptors (Lipinski definition) is 2. The van der Waals surface area contributed by atoms with Crippen molar-refractivity contribution in [3.05, 3.63) is 65.7 Å². The lowest BCUT2D eigenvalue weighted by molar-refractivity contribution is -0.131. The van der Waals surface area contributed by atoms with E-state index in [0.717, 1.165) is 17.7 Å². The molecule has 3 nitrogen and oxygen atoms in total. The Morgan fingerprint density at radius 1 is 1.09 bits per heavy atom. The molecule has 0 aliphatic heterocycles. The van der Waals surface area contributed by atoms with E-state index in [1.165, 1.54) is 5.56 Å². The van der Waals surface area contributed by atoms with E-state index in [1.54, 1.807) is 7.11 Å². The highest BCUT2D eigenvalue weighted by atomic mass is 16.5. The zero-order valence-corrected chi connectivity index (χ0v) is 13.5. The number of ether oxygens (including phenoxy) is 1. The molecule has 0 N–H and O–H groups in total. The van der Waals surface area contributed by atoms with Crippen LogP contribution in [0.3, 0.4) is 0 Å². The summed E-state index contributed by atoms with van der Waals surface area (Å²) < 4.78 is 5.16. The third-order valence-corrected chi connectivity index (χ3v) is 4.04.